The zero-order valence-corrected chi connectivity index (χ0v) is 12.7. The Morgan fingerprint density at radius 1 is 1.33 bits per heavy atom. The number of alkyl halides is 3. The molecule has 0 radical (unpaired) electrons. The molecule has 0 atom stereocenters. The molecule has 0 saturated carbocycles. The maximum atomic E-state index is 12.4. The Kier molecular flexibility index (Phi) is 4.13. The van der Waals surface area contributed by atoms with Crippen LogP contribution < -0.4 is 4.72 Å². The second-order valence-electron chi connectivity index (χ2n) is 3.88. The summed E-state index contributed by atoms with van der Waals surface area (Å²) in [6.07, 6.45) is -3.79. The molecular weight excluding hydrogens is 351 g/mol. The van der Waals surface area contributed by atoms with Gasteiger partial charge in [0.25, 0.3) is 10.0 Å². The van der Waals surface area contributed by atoms with Crippen LogP contribution in [0.5, 0.6) is 0 Å². The maximum Gasteiger partial charge on any atom is 0.433 e. The van der Waals surface area contributed by atoms with E-state index in [1.165, 1.54) is 6.92 Å². The van der Waals surface area contributed by atoms with Gasteiger partial charge in [0.1, 0.15) is 5.69 Å². The number of thiazole rings is 1. The molecule has 0 amide bonds. The van der Waals surface area contributed by atoms with E-state index in [1.54, 1.807) is 0 Å². The van der Waals surface area contributed by atoms with Crippen molar-refractivity contribution in [3.63, 3.8) is 0 Å². The number of sulfonamides is 1. The van der Waals surface area contributed by atoms with Gasteiger partial charge in [0.05, 0.1) is 17.6 Å². The van der Waals surface area contributed by atoms with Gasteiger partial charge in [-0.15, -0.1) is 0 Å². The second kappa shape index (κ2) is 5.43. The van der Waals surface area contributed by atoms with Gasteiger partial charge in [-0.2, -0.15) is 13.2 Å². The first kappa shape index (κ1) is 16.0. The zero-order chi connectivity index (χ0) is 15.8. The molecular formula is C10H7ClF3N3O2S2. The van der Waals surface area contributed by atoms with Crippen LogP contribution in [-0.2, 0) is 16.2 Å². The third kappa shape index (κ3) is 3.63. The zero-order valence-electron chi connectivity index (χ0n) is 10.3. The lowest BCUT2D eigenvalue weighted by atomic mass is 10.3. The van der Waals surface area contributed by atoms with E-state index < -0.39 is 21.9 Å². The van der Waals surface area contributed by atoms with E-state index in [0.717, 1.165) is 23.6 Å². The molecule has 0 unspecified atom stereocenters. The molecule has 2 rings (SSSR count). The summed E-state index contributed by atoms with van der Waals surface area (Å²) in [5.74, 6) is 0. The van der Waals surface area contributed by atoms with Gasteiger partial charge in [-0.3, -0.25) is 4.72 Å². The second-order valence-corrected chi connectivity index (χ2v) is 7.33. The number of nitrogens with one attached hydrogen (secondary N) is 1. The van der Waals surface area contributed by atoms with Crippen LogP contribution in [0.2, 0.25) is 4.47 Å². The van der Waals surface area contributed by atoms with Crippen LogP contribution in [0.3, 0.4) is 0 Å². The highest BCUT2D eigenvalue weighted by atomic mass is 35.5. The van der Waals surface area contributed by atoms with Crippen molar-refractivity contribution in [2.45, 2.75) is 17.3 Å². The van der Waals surface area contributed by atoms with E-state index in [9.17, 15) is 21.6 Å². The summed E-state index contributed by atoms with van der Waals surface area (Å²) < 4.78 is 63.3. The first-order chi connectivity index (χ1) is 9.59. The highest BCUT2D eigenvalue weighted by Crippen LogP contribution is 2.30. The topological polar surface area (TPSA) is 72.0 Å². The summed E-state index contributed by atoms with van der Waals surface area (Å²) in [4.78, 5) is 6.93. The highest BCUT2D eigenvalue weighted by molar-refractivity contribution is 7.94. The number of rotatable bonds is 3. The van der Waals surface area contributed by atoms with Crippen molar-refractivity contribution < 1.29 is 21.6 Å². The fraction of sp³-hybridized carbons (Fsp3) is 0.200. The summed E-state index contributed by atoms with van der Waals surface area (Å²) in [5, 5.41) is 0. The SMILES string of the molecule is Cc1nc(Cl)sc1S(=O)(=O)Nc1ccc(C(F)(F)F)nc1. The Morgan fingerprint density at radius 3 is 2.43 bits per heavy atom. The van der Waals surface area contributed by atoms with E-state index in [4.69, 9.17) is 11.6 Å². The summed E-state index contributed by atoms with van der Waals surface area (Å²) in [5.41, 5.74) is -0.994. The van der Waals surface area contributed by atoms with Gasteiger partial charge >= 0.3 is 6.18 Å². The van der Waals surface area contributed by atoms with Crippen molar-refractivity contribution in [3.05, 3.63) is 34.2 Å². The molecule has 0 aliphatic carbocycles. The van der Waals surface area contributed by atoms with Crippen molar-refractivity contribution in [3.8, 4) is 0 Å². The van der Waals surface area contributed by atoms with Gasteiger partial charge in [0.2, 0.25) is 0 Å². The Hall–Kier alpha value is -1.39. The van der Waals surface area contributed by atoms with Gasteiger partial charge in [-0.25, -0.2) is 18.4 Å². The van der Waals surface area contributed by atoms with Crippen LogP contribution in [-0.4, -0.2) is 18.4 Å². The predicted octanol–water partition coefficient (Wildman–Crippen LogP) is 3.32. The van der Waals surface area contributed by atoms with E-state index >= 15 is 0 Å². The molecule has 21 heavy (non-hydrogen) atoms. The molecule has 0 aliphatic rings. The van der Waals surface area contributed by atoms with Crippen molar-refractivity contribution in [1.29, 1.82) is 0 Å². The molecule has 5 nitrogen and oxygen atoms in total. The van der Waals surface area contributed by atoms with E-state index in [1.807, 2.05) is 0 Å². The van der Waals surface area contributed by atoms with Gasteiger partial charge in [0.15, 0.2) is 8.68 Å². The van der Waals surface area contributed by atoms with Crippen molar-refractivity contribution in [2.24, 2.45) is 0 Å². The van der Waals surface area contributed by atoms with Crippen LogP contribution in [0.15, 0.2) is 22.5 Å². The van der Waals surface area contributed by atoms with E-state index in [-0.39, 0.29) is 20.1 Å². The number of nitrogens with zero attached hydrogens (tertiary/aromatic N) is 2. The smallest absolute Gasteiger partial charge is 0.277 e. The largest absolute Gasteiger partial charge is 0.433 e. The third-order valence-electron chi connectivity index (χ3n) is 2.28. The molecule has 11 heteroatoms. The number of halogens is 4. The Bertz CT molecular complexity index is 757. The van der Waals surface area contributed by atoms with Crippen molar-refractivity contribution in [1.82, 2.24) is 9.97 Å². The third-order valence-corrected chi connectivity index (χ3v) is 5.53. The number of aromatic nitrogens is 2. The van der Waals surface area contributed by atoms with Gasteiger partial charge in [-0.1, -0.05) is 22.9 Å². The van der Waals surface area contributed by atoms with E-state index in [2.05, 4.69) is 14.7 Å². The quantitative estimate of drug-likeness (QED) is 0.914. The average molecular weight is 358 g/mol. The molecule has 0 bridgehead atoms. The average Bonchev–Trinajstić information content (AvgIpc) is 2.68. The van der Waals surface area contributed by atoms with Crippen molar-refractivity contribution >= 4 is 38.6 Å². The molecule has 0 fully saturated rings. The number of hydrogen-bond acceptors (Lipinski definition) is 5. The molecule has 2 heterocycles. The minimum absolute atomic E-state index is 0.0541. The first-order valence-corrected chi connectivity index (χ1v) is 7.96. The molecule has 1 N–H and O–H groups in total. The van der Waals surface area contributed by atoms with Gasteiger partial charge < -0.3 is 0 Å². The fourth-order valence-corrected chi connectivity index (χ4v) is 4.21. The molecule has 0 aliphatic heterocycles. The number of anilines is 1. The lowest BCUT2D eigenvalue weighted by Gasteiger charge is -2.08. The number of pyridine rings is 1. The van der Waals surface area contributed by atoms with Crippen LogP contribution >= 0.6 is 22.9 Å². The monoisotopic (exact) mass is 357 g/mol. The van der Waals surface area contributed by atoms with Crippen LogP contribution in [0.25, 0.3) is 0 Å². The Labute approximate surface area is 126 Å². The molecule has 114 valence electrons. The predicted molar refractivity (Wildman–Crippen MR) is 71.9 cm³/mol. The summed E-state index contributed by atoms with van der Waals surface area (Å²) in [6, 6.07) is 1.66. The van der Waals surface area contributed by atoms with Crippen LogP contribution in [0.4, 0.5) is 18.9 Å². The summed E-state index contributed by atoms with van der Waals surface area (Å²) >= 11 is 6.37. The molecule has 2 aromatic rings. The standard InChI is InChI=1S/C10H7ClF3N3O2S2/c1-5-8(20-9(11)16-5)21(18,19)17-6-2-3-7(15-4-6)10(12,13)14/h2-4,17H,1H3. The number of hydrogen-bond donors (Lipinski definition) is 1. The van der Waals surface area contributed by atoms with Crippen LogP contribution in [0.1, 0.15) is 11.4 Å². The molecule has 0 aromatic carbocycles. The number of aryl methyl sites for hydroxylation is 1. The molecule has 2 aromatic heterocycles. The Balaban J connectivity index is 2.27. The lowest BCUT2D eigenvalue weighted by molar-refractivity contribution is -0.141. The minimum atomic E-state index is -4.58. The van der Waals surface area contributed by atoms with E-state index in [0.29, 0.717) is 6.07 Å². The van der Waals surface area contributed by atoms with Gasteiger partial charge in [0, 0.05) is 0 Å². The normalized spacial score (nSPS) is 12.4. The minimum Gasteiger partial charge on any atom is -0.277 e. The van der Waals surface area contributed by atoms with Crippen LogP contribution in [0, 0.1) is 6.92 Å². The Morgan fingerprint density at radius 2 is 2.00 bits per heavy atom. The van der Waals surface area contributed by atoms with Gasteiger partial charge in [-0.05, 0) is 19.1 Å². The highest BCUT2D eigenvalue weighted by Gasteiger charge is 2.32. The molecule has 0 spiro atoms. The fourth-order valence-electron chi connectivity index (χ4n) is 1.42. The first-order valence-electron chi connectivity index (χ1n) is 5.28. The molecule has 0 saturated heterocycles. The maximum absolute atomic E-state index is 12.4. The summed E-state index contributed by atoms with van der Waals surface area (Å²) in [6.45, 7) is 1.46. The summed E-state index contributed by atoms with van der Waals surface area (Å²) in [7, 11) is -3.97. The lowest BCUT2D eigenvalue weighted by Crippen LogP contribution is -2.14. The van der Waals surface area contributed by atoms with Crippen molar-refractivity contribution in [2.75, 3.05) is 4.72 Å².